The third-order valence-corrected chi connectivity index (χ3v) is 3.22. The lowest BCUT2D eigenvalue weighted by Crippen LogP contribution is -2.26. The van der Waals surface area contributed by atoms with E-state index in [2.05, 4.69) is 12.2 Å². The van der Waals surface area contributed by atoms with E-state index in [1.54, 1.807) is 12.1 Å². The lowest BCUT2D eigenvalue weighted by molar-refractivity contribution is 0.183. The monoisotopic (exact) mass is 239 g/mol. The van der Waals surface area contributed by atoms with E-state index in [0.29, 0.717) is 12.0 Å². The minimum atomic E-state index is -0.338. The van der Waals surface area contributed by atoms with E-state index in [9.17, 15) is 4.39 Å². The number of nitrogens with one attached hydrogen (secondary N) is 1. The maximum Gasteiger partial charge on any atom is 0.165 e. The summed E-state index contributed by atoms with van der Waals surface area (Å²) in [5, 5.41) is 3.36. The fourth-order valence-corrected chi connectivity index (χ4v) is 2.08. The summed E-state index contributed by atoms with van der Waals surface area (Å²) in [6.45, 7) is 3.76. The van der Waals surface area contributed by atoms with E-state index in [1.165, 1.54) is 13.2 Å². The van der Waals surface area contributed by atoms with Crippen LogP contribution in [0.4, 0.5) is 10.1 Å². The second-order valence-electron chi connectivity index (χ2n) is 4.41. The number of halogens is 1. The van der Waals surface area contributed by atoms with E-state index in [-0.39, 0.29) is 11.6 Å². The average molecular weight is 239 g/mol. The second-order valence-corrected chi connectivity index (χ2v) is 4.41. The molecule has 2 unspecified atom stereocenters. The molecule has 1 saturated heterocycles. The summed E-state index contributed by atoms with van der Waals surface area (Å²) < 4.78 is 23.5. The van der Waals surface area contributed by atoms with Crippen molar-refractivity contribution in [2.24, 2.45) is 5.92 Å². The first-order valence-electron chi connectivity index (χ1n) is 5.88. The van der Waals surface area contributed by atoms with Gasteiger partial charge in [0.1, 0.15) is 0 Å². The number of hydrogen-bond donors (Lipinski definition) is 1. The van der Waals surface area contributed by atoms with Crippen LogP contribution < -0.4 is 10.1 Å². The molecule has 1 N–H and O–H groups in total. The molecule has 1 heterocycles. The molecule has 0 bridgehead atoms. The standard InChI is InChI=1S/C13H18FNO2/c1-9(10-5-6-17-8-10)15-11-3-4-12(14)13(7-11)16-2/h3-4,7,9-10,15H,5-6,8H2,1-2H3. The summed E-state index contributed by atoms with van der Waals surface area (Å²) in [4.78, 5) is 0. The van der Waals surface area contributed by atoms with Crippen LogP contribution >= 0.6 is 0 Å². The highest BCUT2D eigenvalue weighted by Crippen LogP contribution is 2.24. The summed E-state index contributed by atoms with van der Waals surface area (Å²) in [6, 6.07) is 5.14. The van der Waals surface area contributed by atoms with Crippen LogP contribution in [0.15, 0.2) is 18.2 Å². The smallest absolute Gasteiger partial charge is 0.165 e. The second kappa shape index (κ2) is 5.36. The third-order valence-electron chi connectivity index (χ3n) is 3.22. The molecule has 0 saturated carbocycles. The van der Waals surface area contributed by atoms with Crippen LogP contribution in [-0.2, 0) is 4.74 Å². The molecule has 0 aromatic heterocycles. The first-order chi connectivity index (χ1) is 8.20. The Morgan fingerprint density at radius 3 is 3.00 bits per heavy atom. The van der Waals surface area contributed by atoms with Crippen LogP contribution in [0, 0.1) is 11.7 Å². The molecule has 1 aliphatic heterocycles. The zero-order chi connectivity index (χ0) is 12.3. The van der Waals surface area contributed by atoms with Crippen molar-refractivity contribution >= 4 is 5.69 Å². The number of methoxy groups -OCH3 is 1. The molecule has 1 fully saturated rings. The summed E-state index contributed by atoms with van der Waals surface area (Å²) in [5.41, 5.74) is 0.877. The first kappa shape index (κ1) is 12.2. The molecule has 2 atom stereocenters. The van der Waals surface area contributed by atoms with Gasteiger partial charge in [-0.25, -0.2) is 4.39 Å². The fraction of sp³-hybridized carbons (Fsp3) is 0.538. The highest BCUT2D eigenvalue weighted by Gasteiger charge is 2.22. The van der Waals surface area contributed by atoms with Gasteiger partial charge in [-0.1, -0.05) is 0 Å². The van der Waals surface area contributed by atoms with Gasteiger partial charge in [0.2, 0.25) is 0 Å². The molecule has 17 heavy (non-hydrogen) atoms. The molecule has 94 valence electrons. The Bertz CT molecular complexity index is 378. The Balaban J connectivity index is 2.02. The summed E-state index contributed by atoms with van der Waals surface area (Å²) in [7, 11) is 1.47. The Hall–Kier alpha value is -1.29. The minimum Gasteiger partial charge on any atom is -0.494 e. The Labute approximate surface area is 101 Å². The molecule has 0 aliphatic carbocycles. The molecule has 0 radical (unpaired) electrons. The zero-order valence-electron chi connectivity index (χ0n) is 10.2. The van der Waals surface area contributed by atoms with Gasteiger partial charge in [0.25, 0.3) is 0 Å². The molecule has 0 spiro atoms. The minimum absolute atomic E-state index is 0.268. The highest BCUT2D eigenvalue weighted by atomic mass is 19.1. The number of benzene rings is 1. The highest BCUT2D eigenvalue weighted by molar-refractivity contribution is 5.49. The van der Waals surface area contributed by atoms with Crippen LogP contribution in [0.3, 0.4) is 0 Å². The van der Waals surface area contributed by atoms with Crippen LogP contribution in [0.1, 0.15) is 13.3 Å². The summed E-state index contributed by atoms with van der Waals surface area (Å²) >= 11 is 0. The quantitative estimate of drug-likeness (QED) is 0.876. The Kier molecular flexibility index (Phi) is 3.84. The van der Waals surface area contributed by atoms with Gasteiger partial charge in [-0.05, 0) is 25.5 Å². The topological polar surface area (TPSA) is 30.5 Å². The molecule has 3 nitrogen and oxygen atoms in total. The van der Waals surface area contributed by atoms with Gasteiger partial charge in [-0.3, -0.25) is 0 Å². The first-order valence-corrected chi connectivity index (χ1v) is 5.88. The molecule has 1 aromatic carbocycles. The van der Waals surface area contributed by atoms with E-state index in [1.807, 2.05) is 0 Å². The van der Waals surface area contributed by atoms with Crippen LogP contribution in [0.5, 0.6) is 5.75 Å². The van der Waals surface area contributed by atoms with Crippen molar-refractivity contribution in [2.75, 3.05) is 25.6 Å². The van der Waals surface area contributed by atoms with Gasteiger partial charge in [0, 0.05) is 30.3 Å². The number of anilines is 1. The Morgan fingerprint density at radius 2 is 2.35 bits per heavy atom. The van der Waals surface area contributed by atoms with Crippen molar-refractivity contribution in [1.82, 2.24) is 0 Å². The summed E-state index contributed by atoms with van der Waals surface area (Å²) in [5.74, 6) is 0.450. The normalized spacial score (nSPS) is 21.2. The van der Waals surface area contributed by atoms with Gasteiger partial charge in [0.15, 0.2) is 11.6 Å². The maximum atomic E-state index is 13.2. The van der Waals surface area contributed by atoms with Gasteiger partial charge < -0.3 is 14.8 Å². The molecule has 1 aromatic rings. The third kappa shape index (κ3) is 2.88. The van der Waals surface area contributed by atoms with Crippen molar-refractivity contribution in [2.45, 2.75) is 19.4 Å². The van der Waals surface area contributed by atoms with Crippen molar-refractivity contribution in [3.05, 3.63) is 24.0 Å². The van der Waals surface area contributed by atoms with Crippen molar-refractivity contribution in [3.63, 3.8) is 0 Å². The number of ether oxygens (including phenoxy) is 2. The number of rotatable bonds is 4. The zero-order valence-corrected chi connectivity index (χ0v) is 10.2. The van der Waals surface area contributed by atoms with E-state index in [0.717, 1.165) is 25.3 Å². The Morgan fingerprint density at radius 1 is 1.53 bits per heavy atom. The molecule has 2 rings (SSSR count). The van der Waals surface area contributed by atoms with Crippen molar-refractivity contribution in [1.29, 1.82) is 0 Å². The van der Waals surface area contributed by atoms with Gasteiger partial charge >= 0.3 is 0 Å². The SMILES string of the molecule is COc1cc(NC(C)C2CCOC2)ccc1F. The maximum absolute atomic E-state index is 13.2. The van der Waals surface area contributed by atoms with Gasteiger partial charge in [-0.15, -0.1) is 0 Å². The average Bonchev–Trinajstić information content (AvgIpc) is 2.85. The van der Waals surface area contributed by atoms with E-state index in [4.69, 9.17) is 9.47 Å². The molecular formula is C13H18FNO2. The van der Waals surface area contributed by atoms with Gasteiger partial charge in [0.05, 0.1) is 13.7 Å². The van der Waals surface area contributed by atoms with Crippen LogP contribution in [-0.4, -0.2) is 26.4 Å². The predicted octanol–water partition coefficient (Wildman–Crippen LogP) is 2.67. The van der Waals surface area contributed by atoms with Crippen LogP contribution in [0.25, 0.3) is 0 Å². The van der Waals surface area contributed by atoms with Crippen LogP contribution in [0.2, 0.25) is 0 Å². The lowest BCUT2D eigenvalue weighted by Gasteiger charge is -2.20. The molecular weight excluding hydrogens is 221 g/mol. The number of hydrogen-bond acceptors (Lipinski definition) is 3. The molecule has 4 heteroatoms. The largest absolute Gasteiger partial charge is 0.494 e. The fourth-order valence-electron chi connectivity index (χ4n) is 2.08. The lowest BCUT2D eigenvalue weighted by atomic mass is 10.0. The summed E-state index contributed by atoms with van der Waals surface area (Å²) in [6.07, 6.45) is 1.08. The molecule has 0 amide bonds. The van der Waals surface area contributed by atoms with E-state index < -0.39 is 0 Å². The van der Waals surface area contributed by atoms with Crippen molar-refractivity contribution < 1.29 is 13.9 Å². The predicted molar refractivity (Wildman–Crippen MR) is 65.0 cm³/mol. The molecule has 1 aliphatic rings. The van der Waals surface area contributed by atoms with E-state index >= 15 is 0 Å². The van der Waals surface area contributed by atoms with Crippen molar-refractivity contribution in [3.8, 4) is 5.75 Å². The van der Waals surface area contributed by atoms with Gasteiger partial charge in [-0.2, -0.15) is 0 Å².